The van der Waals surface area contributed by atoms with E-state index in [0.717, 1.165) is 5.92 Å². The van der Waals surface area contributed by atoms with Crippen LogP contribution in [-0.4, -0.2) is 5.54 Å². The molecule has 2 rings (SSSR count). The van der Waals surface area contributed by atoms with Crippen molar-refractivity contribution >= 4 is 0 Å². The fourth-order valence-electron chi connectivity index (χ4n) is 1.99. The molecular formula is C18H36NNb-3. The van der Waals surface area contributed by atoms with Crippen molar-refractivity contribution in [3.63, 3.8) is 0 Å². The summed E-state index contributed by atoms with van der Waals surface area (Å²) in [4.78, 5) is 0. The summed E-state index contributed by atoms with van der Waals surface area (Å²) in [7, 11) is 0. The molecule has 0 aromatic carbocycles. The van der Waals surface area contributed by atoms with Gasteiger partial charge in [-0.3, -0.25) is 0 Å². The maximum atomic E-state index is 4.07. The molecule has 0 unspecified atom stereocenters. The molecule has 121 valence electrons. The zero-order valence-electron chi connectivity index (χ0n) is 14.5. The third-order valence-electron chi connectivity index (χ3n) is 3.34. The van der Waals surface area contributed by atoms with Crippen molar-refractivity contribution in [1.82, 2.24) is 0 Å². The van der Waals surface area contributed by atoms with E-state index in [1.807, 2.05) is 0 Å². The summed E-state index contributed by atoms with van der Waals surface area (Å²) in [6, 6.07) is 0. The van der Waals surface area contributed by atoms with Crippen molar-refractivity contribution in [2.75, 3.05) is 0 Å². The average molecular weight is 359 g/mol. The van der Waals surface area contributed by atoms with Crippen LogP contribution in [0.2, 0.25) is 0 Å². The molecule has 0 aromatic rings. The Kier molecular flexibility index (Phi) is 16.5. The van der Waals surface area contributed by atoms with Gasteiger partial charge in [-0.1, -0.05) is 39.0 Å². The normalized spacial score (nSPS) is 19.4. The van der Waals surface area contributed by atoms with Crippen LogP contribution >= 0.6 is 0 Å². The van der Waals surface area contributed by atoms with Gasteiger partial charge in [0.2, 0.25) is 0 Å². The molecule has 0 radical (unpaired) electrons. The summed E-state index contributed by atoms with van der Waals surface area (Å²) < 4.78 is 4.07. The van der Waals surface area contributed by atoms with Crippen LogP contribution in [0, 0.1) is 26.2 Å². The summed E-state index contributed by atoms with van der Waals surface area (Å²) in [6.07, 6.45) is 17.5. The van der Waals surface area contributed by atoms with Gasteiger partial charge in [0.25, 0.3) is 0 Å². The molecule has 2 heteroatoms. The summed E-state index contributed by atoms with van der Waals surface area (Å²) >= 11 is 1.52. The van der Waals surface area contributed by atoms with E-state index >= 15 is 0 Å². The van der Waals surface area contributed by atoms with E-state index in [1.165, 1.54) is 78.7 Å². The fourth-order valence-corrected chi connectivity index (χ4v) is 1.99. The molecule has 2 saturated carbocycles. The molecule has 20 heavy (non-hydrogen) atoms. The van der Waals surface area contributed by atoms with Crippen LogP contribution in [-0.2, 0) is 20.9 Å². The van der Waals surface area contributed by atoms with Gasteiger partial charge in [0.15, 0.2) is 0 Å². The smallest absolute Gasteiger partial charge is 0.0491 e. The molecule has 0 spiro atoms. The van der Waals surface area contributed by atoms with Gasteiger partial charge >= 0.3 is 50.5 Å². The summed E-state index contributed by atoms with van der Waals surface area (Å²) in [5.74, 6) is 1.00. The van der Waals surface area contributed by atoms with Crippen molar-refractivity contribution < 1.29 is 20.9 Å². The first-order chi connectivity index (χ1) is 8.95. The maximum absolute atomic E-state index is 4.07. The first-order valence-corrected chi connectivity index (χ1v) is 8.93. The number of rotatable bonds is 0. The topological polar surface area (TPSA) is 12.4 Å². The van der Waals surface area contributed by atoms with Crippen molar-refractivity contribution in [2.24, 2.45) is 9.26 Å². The predicted molar refractivity (Wildman–Crippen MR) is 87.9 cm³/mol. The second kappa shape index (κ2) is 14.5. The Labute approximate surface area is 141 Å². The molecule has 0 bridgehead atoms. The Morgan fingerprint density at radius 1 is 0.900 bits per heavy atom. The minimum Gasteiger partial charge on any atom is -0.358 e. The standard InChI is InChI=1S/C7H13.C6H11.C4H9N.CH3.Nb/c1-7-5-3-2-4-6-7;1-2-4-6-5-3-1;1-4(2,3)5;;/h2,7H,3-6H2,1H3;1H,2-6H2;1-3H3;1H3;/q2*-1;;-1;. The minimum atomic E-state index is 0. The van der Waals surface area contributed by atoms with E-state index in [0.29, 0.717) is 0 Å². The molecule has 0 N–H and O–H groups in total. The predicted octanol–water partition coefficient (Wildman–Crippen LogP) is 6.52. The quantitative estimate of drug-likeness (QED) is 0.345. The van der Waals surface area contributed by atoms with Crippen molar-refractivity contribution in [3.05, 3.63) is 20.3 Å². The second-order valence-electron chi connectivity index (χ2n) is 6.75. The number of hydrogen-bond acceptors (Lipinski definition) is 1. The van der Waals surface area contributed by atoms with Crippen molar-refractivity contribution in [1.29, 1.82) is 0 Å². The Balaban J connectivity index is 0. The molecule has 0 aliphatic heterocycles. The summed E-state index contributed by atoms with van der Waals surface area (Å²) in [5, 5.41) is 0. The average Bonchev–Trinajstić information content (AvgIpc) is 2.42. The number of nitrogens with zero attached hydrogens (tertiary/aromatic N) is 1. The molecule has 0 atom stereocenters. The Morgan fingerprint density at radius 2 is 1.30 bits per heavy atom. The molecule has 0 saturated heterocycles. The monoisotopic (exact) mass is 359 g/mol. The van der Waals surface area contributed by atoms with E-state index in [-0.39, 0.29) is 13.0 Å². The van der Waals surface area contributed by atoms with Crippen LogP contribution in [0.3, 0.4) is 0 Å². The van der Waals surface area contributed by atoms with Crippen LogP contribution in [0.4, 0.5) is 0 Å². The summed E-state index contributed by atoms with van der Waals surface area (Å²) in [5.41, 5.74) is 0.189. The third kappa shape index (κ3) is 18.5. The van der Waals surface area contributed by atoms with Gasteiger partial charge < -0.3 is 20.3 Å². The van der Waals surface area contributed by atoms with Gasteiger partial charge in [0.05, 0.1) is 0 Å². The van der Waals surface area contributed by atoms with Crippen LogP contribution < -0.4 is 0 Å². The number of hydrogen-bond donors (Lipinski definition) is 0. The maximum Gasteiger partial charge on any atom is -0.0491 e. The zero-order chi connectivity index (χ0) is 14.6. The van der Waals surface area contributed by atoms with Gasteiger partial charge in [0.1, 0.15) is 0 Å². The van der Waals surface area contributed by atoms with E-state index in [9.17, 15) is 0 Å². The molecular weight excluding hydrogens is 323 g/mol. The van der Waals surface area contributed by atoms with Gasteiger partial charge in [-0.25, -0.2) is 0 Å². The van der Waals surface area contributed by atoms with E-state index < -0.39 is 0 Å². The first-order valence-electron chi connectivity index (χ1n) is 7.95. The first kappa shape index (κ1) is 22.8. The molecule has 1 nitrogen and oxygen atoms in total. The Hall–Kier alpha value is 0.540. The van der Waals surface area contributed by atoms with E-state index in [1.54, 1.807) is 0 Å². The van der Waals surface area contributed by atoms with Gasteiger partial charge in [-0.2, -0.15) is 25.7 Å². The van der Waals surface area contributed by atoms with E-state index in [2.05, 4.69) is 43.9 Å². The van der Waals surface area contributed by atoms with Crippen LogP contribution in [0.25, 0.3) is 0 Å². The third-order valence-corrected chi connectivity index (χ3v) is 4.82. The van der Waals surface area contributed by atoms with Crippen molar-refractivity contribution in [2.45, 2.75) is 91.0 Å². The van der Waals surface area contributed by atoms with Crippen LogP contribution in [0.15, 0.2) is 3.34 Å². The summed E-state index contributed by atoms with van der Waals surface area (Å²) in [6.45, 7) is 8.61. The zero-order valence-corrected chi connectivity index (χ0v) is 16.7. The fraction of sp³-hybridized carbons (Fsp3) is 0.833. The Morgan fingerprint density at radius 3 is 1.45 bits per heavy atom. The van der Waals surface area contributed by atoms with Crippen LogP contribution in [0.1, 0.15) is 85.5 Å². The van der Waals surface area contributed by atoms with E-state index in [4.69, 9.17) is 0 Å². The Bertz CT molecular complexity index is 186. The molecule has 2 aliphatic carbocycles. The van der Waals surface area contributed by atoms with Gasteiger partial charge in [-0.15, -0.1) is 0 Å². The molecule has 2 fully saturated rings. The second-order valence-corrected chi connectivity index (χ2v) is 7.24. The molecule has 2 aliphatic rings. The molecule has 0 heterocycles. The SMILES string of the molecule is CC(C)(C)[N]=[Nb].CC1CC[CH-]CC1.[CH-]1CCCCC1.[CH3-]. The molecule has 0 aromatic heterocycles. The minimum absolute atomic E-state index is 0. The molecule has 0 amide bonds. The van der Waals surface area contributed by atoms with Crippen LogP contribution in [0.5, 0.6) is 0 Å². The largest absolute Gasteiger partial charge is 0.358 e. The van der Waals surface area contributed by atoms with Gasteiger partial charge in [-0.05, 0) is 5.92 Å². The van der Waals surface area contributed by atoms with Gasteiger partial charge in [0, 0.05) is 0 Å². The van der Waals surface area contributed by atoms with Crippen molar-refractivity contribution in [3.8, 4) is 0 Å².